The van der Waals surface area contributed by atoms with E-state index in [1.54, 1.807) is 6.07 Å². The average molecular weight is 221 g/mol. The number of hydrogen-bond acceptors (Lipinski definition) is 1. The number of nitriles is 1. The Hall–Kier alpha value is -1.64. The Labute approximate surface area is 81.7 Å². The monoisotopic (exact) mass is 221 g/mol. The van der Waals surface area contributed by atoms with E-state index in [9.17, 15) is 22.0 Å². The van der Waals surface area contributed by atoms with Crippen molar-refractivity contribution in [2.24, 2.45) is 0 Å². The summed E-state index contributed by atoms with van der Waals surface area (Å²) in [5, 5.41) is 8.21. The van der Waals surface area contributed by atoms with Crippen molar-refractivity contribution in [3.8, 4) is 6.07 Å². The summed E-state index contributed by atoms with van der Waals surface area (Å²) in [7, 11) is 0. The summed E-state index contributed by atoms with van der Waals surface area (Å²) in [5.74, 6) is -3.40. The fourth-order valence-corrected chi connectivity index (χ4v) is 1.09. The normalized spacial score (nSPS) is 11.2. The highest BCUT2D eigenvalue weighted by Crippen LogP contribution is 2.33. The third-order valence-corrected chi connectivity index (χ3v) is 1.67. The summed E-state index contributed by atoms with van der Waals surface area (Å²) in [5.41, 5.74) is -2.05. The van der Waals surface area contributed by atoms with Crippen molar-refractivity contribution in [1.29, 1.82) is 5.26 Å². The van der Waals surface area contributed by atoms with Crippen LogP contribution in [0.3, 0.4) is 0 Å². The standard InChI is InChI=1S/C9H4F5N/c10-6-3-5(1-2-15)4-7(11)8(6)9(12,13)14/h3-4H,1H2. The van der Waals surface area contributed by atoms with Gasteiger partial charge in [-0.2, -0.15) is 18.4 Å². The molecule has 0 saturated heterocycles. The summed E-state index contributed by atoms with van der Waals surface area (Å²) in [6, 6.07) is 2.60. The highest BCUT2D eigenvalue weighted by atomic mass is 19.4. The second-order valence-electron chi connectivity index (χ2n) is 2.77. The zero-order valence-electron chi connectivity index (χ0n) is 7.20. The van der Waals surface area contributed by atoms with Crippen molar-refractivity contribution >= 4 is 0 Å². The summed E-state index contributed by atoms with van der Waals surface area (Å²) >= 11 is 0. The Balaban J connectivity index is 3.29. The number of alkyl halides is 3. The maximum atomic E-state index is 12.9. The van der Waals surface area contributed by atoms with E-state index in [0.717, 1.165) is 0 Å². The number of nitrogens with zero attached hydrogens (tertiary/aromatic N) is 1. The molecule has 0 amide bonds. The van der Waals surface area contributed by atoms with E-state index in [2.05, 4.69) is 0 Å². The molecule has 0 bridgehead atoms. The van der Waals surface area contributed by atoms with Gasteiger partial charge in [0.2, 0.25) is 0 Å². The van der Waals surface area contributed by atoms with Crippen LogP contribution in [0.25, 0.3) is 0 Å². The van der Waals surface area contributed by atoms with E-state index in [-0.39, 0.29) is 12.0 Å². The van der Waals surface area contributed by atoms with Gasteiger partial charge in [0.15, 0.2) is 0 Å². The van der Waals surface area contributed by atoms with Crippen LogP contribution in [0.4, 0.5) is 22.0 Å². The Bertz CT molecular complexity index is 392. The van der Waals surface area contributed by atoms with Gasteiger partial charge in [0, 0.05) is 0 Å². The molecular formula is C9H4F5N. The van der Waals surface area contributed by atoms with Gasteiger partial charge in [0.25, 0.3) is 0 Å². The maximum absolute atomic E-state index is 12.9. The van der Waals surface area contributed by atoms with Crippen molar-refractivity contribution in [3.05, 3.63) is 34.9 Å². The molecule has 0 aliphatic carbocycles. The van der Waals surface area contributed by atoms with Gasteiger partial charge in [0.1, 0.15) is 17.2 Å². The van der Waals surface area contributed by atoms with Gasteiger partial charge in [-0.1, -0.05) is 0 Å². The number of halogens is 5. The number of rotatable bonds is 1. The fourth-order valence-electron chi connectivity index (χ4n) is 1.09. The van der Waals surface area contributed by atoms with Gasteiger partial charge in [-0.05, 0) is 17.7 Å². The number of hydrogen-bond donors (Lipinski definition) is 0. The molecule has 0 saturated carbocycles. The molecule has 0 fully saturated rings. The minimum Gasteiger partial charge on any atom is -0.206 e. The molecule has 0 aliphatic heterocycles. The predicted molar refractivity (Wildman–Crippen MR) is 40.7 cm³/mol. The largest absolute Gasteiger partial charge is 0.422 e. The maximum Gasteiger partial charge on any atom is 0.422 e. The van der Waals surface area contributed by atoms with E-state index in [4.69, 9.17) is 5.26 Å². The van der Waals surface area contributed by atoms with E-state index >= 15 is 0 Å². The van der Waals surface area contributed by atoms with Crippen LogP contribution in [-0.2, 0) is 12.6 Å². The first kappa shape index (κ1) is 11.4. The first-order valence-corrected chi connectivity index (χ1v) is 3.78. The molecule has 15 heavy (non-hydrogen) atoms. The molecule has 6 heteroatoms. The molecule has 0 heterocycles. The molecule has 0 spiro atoms. The van der Waals surface area contributed by atoms with Crippen LogP contribution in [0.2, 0.25) is 0 Å². The minimum atomic E-state index is -5.07. The van der Waals surface area contributed by atoms with Gasteiger partial charge in [0.05, 0.1) is 12.5 Å². The zero-order valence-corrected chi connectivity index (χ0v) is 7.20. The van der Waals surface area contributed by atoms with Crippen molar-refractivity contribution in [2.45, 2.75) is 12.6 Å². The first-order valence-electron chi connectivity index (χ1n) is 3.78. The van der Waals surface area contributed by atoms with Gasteiger partial charge >= 0.3 is 6.18 Å². The second-order valence-corrected chi connectivity index (χ2v) is 2.77. The Morgan fingerprint density at radius 3 is 1.93 bits per heavy atom. The molecular weight excluding hydrogens is 217 g/mol. The number of benzene rings is 1. The molecule has 1 aromatic rings. The summed E-state index contributed by atoms with van der Waals surface area (Å²) < 4.78 is 62.0. The van der Waals surface area contributed by atoms with Crippen molar-refractivity contribution in [1.82, 2.24) is 0 Å². The lowest BCUT2D eigenvalue weighted by molar-refractivity contribution is -0.142. The average Bonchev–Trinajstić information content (AvgIpc) is 1.99. The summed E-state index contributed by atoms with van der Waals surface area (Å²) in [4.78, 5) is 0. The van der Waals surface area contributed by atoms with Crippen LogP contribution in [-0.4, -0.2) is 0 Å². The highest BCUT2D eigenvalue weighted by molar-refractivity contribution is 5.29. The van der Waals surface area contributed by atoms with Gasteiger partial charge in [-0.15, -0.1) is 0 Å². The van der Waals surface area contributed by atoms with Crippen molar-refractivity contribution < 1.29 is 22.0 Å². The van der Waals surface area contributed by atoms with Crippen LogP contribution in [0.5, 0.6) is 0 Å². The third kappa shape index (κ3) is 2.43. The Morgan fingerprint density at radius 2 is 1.60 bits per heavy atom. The second kappa shape index (κ2) is 3.85. The molecule has 0 aromatic heterocycles. The molecule has 0 unspecified atom stereocenters. The van der Waals surface area contributed by atoms with Crippen LogP contribution in [0.15, 0.2) is 12.1 Å². The highest BCUT2D eigenvalue weighted by Gasteiger charge is 2.37. The predicted octanol–water partition coefficient (Wildman–Crippen LogP) is 3.05. The summed E-state index contributed by atoms with van der Waals surface area (Å²) in [6.07, 6.45) is -5.41. The van der Waals surface area contributed by atoms with Crippen LogP contribution in [0, 0.1) is 23.0 Å². The van der Waals surface area contributed by atoms with Crippen LogP contribution < -0.4 is 0 Å². The van der Waals surface area contributed by atoms with Gasteiger partial charge in [-0.3, -0.25) is 0 Å². The molecule has 1 nitrogen and oxygen atoms in total. The summed E-state index contributed by atoms with van der Waals surface area (Å²) in [6.45, 7) is 0. The van der Waals surface area contributed by atoms with E-state index in [1.807, 2.05) is 0 Å². The Morgan fingerprint density at radius 1 is 1.13 bits per heavy atom. The lowest BCUT2D eigenvalue weighted by Crippen LogP contribution is -2.11. The molecule has 0 radical (unpaired) electrons. The Kier molecular flexibility index (Phi) is 2.93. The fraction of sp³-hybridized carbons (Fsp3) is 0.222. The SMILES string of the molecule is N#CCc1cc(F)c(C(F)(F)F)c(F)c1. The van der Waals surface area contributed by atoms with Gasteiger partial charge in [-0.25, -0.2) is 8.78 Å². The molecule has 0 aliphatic rings. The smallest absolute Gasteiger partial charge is 0.206 e. The van der Waals surface area contributed by atoms with E-state index in [0.29, 0.717) is 12.1 Å². The van der Waals surface area contributed by atoms with E-state index in [1.165, 1.54) is 0 Å². The van der Waals surface area contributed by atoms with Crippen molar-refractivity contribution in [3.63, 3.8) is 0 Å². The van der Waals surface area contributed by atoms with E-state index < -0.39 is 23.4 Å². The molecule has 0 N–H and O–H groups in total. The molecule has 1 aromatic carbocycles. The van der Waals surface area contributed by atoms with Crippen LogP contribution in [0.1, 0.15) is 11.1 Å². The molecule has 1 rings (SSSR count). The zero-order chi connectivity index (χ0) is 11.6. The lowest BCUT2D eigenvalue weighted by atomic mass is 10.1. The quantitative estimate of drug-likeness (QED) is 0.668. The van der Waals surface area contributed by atoms with Gasteiger partial charge < -0.3 is 0 Å². The van der Waals surface area contributed by atoms with Crippen LogP contribution >= 0.6 is 0 Å². The van der Waals surface area contributed by atoms with Crippen molar-refractivity contribution in [2.75, 3.05) is 0 Å². The first-order chi connectivity index (χ1) is 6.86. The molecule has 0 atom stereocenters. The topological polar surface area (TPSA) is 23.8 Å². The third-order valence-electron chi connectivity index (χ3n) is 1.67. The lowest BCUT2D eigenvalue weighted by Gasteiger charge is -2.09. The molecule has 80 valence electrons. The minimum absolute atomic E-state index is 0.125.